The maximum absolute atomic E-state index is 13.1. The molecule has 1 atom stereocenters. The average Bonchev–Trinajstić information content (AvgIpc) is 3.26. The Morgan fingerprint density at radius 1 is 1.22 bits per heavy atom. The average molecular weight is 383 g/mol. The molecule has 4 rings (SSSR count). The molecular formula is C20H21N3O3S. The molecule has 7 heteroatoms. The number of nitrogens with zero attached hydrogens (tertiary/aromatic N) is 2. The van der Waals surface area contributed by atoms with Crippen LogP contribution in [-0.4, -0.2) is 42.0 Å². The van der Waals surface area contributed by atoms with E-state index < -0.39 is 9.84 Å². The van der Waals surface area contributed by atoms with E-state index in [1.165, 1.54) is 6.26 Å². The third kappa shape index (κ3) is 3.73. The van der Waals surface area contributed by atoms with E-state index in [2.05, 4.69) is 9.97 Å². The SMILES string of the molecule is CS(=O)(=O)Cc1cccc(C(=O)N2CCC[C@H]2c2nc3ccccc3[nH]2)c1. The third-order valence-electron chi connectivity index (χ3n) is 4.84. The number of para-hydroxylation sites is 2. The number of nitrogens with one attached hydrogen (secondary N) is 1. The normalized spacial score (nSPS) is 17.5. The first-order chi connectivity index (χ1) is 12.9. The molecule has 1 amide bonds. The van der Waals surface area contributed by atoms with Gasteiger partial charge in [-0.05, 0) is 42.7 Å². The van der Waals surface area contributed by atoms with E-state index >= 15 is 0 Å². The first kappa shape index (κ1) is 17.7. The van der Waals surface area contributed by atoms with Gasteiger partial charge in [-0.1, -0.05) is 24.3 Å². The van der Waals surface area contributed by atoms with Gasteiger partial charge in [0.2, 0.25) is 0 Å². The van der Waals surface area contributed by atoms with Crippen LogP contribution in [0.1, 0.15) is 40.6 Å². The van der Waals surface area contributed by atoms with Gasteiger partial charge in [0.05, 0.1) is 22.8 Å². The molecule has 0 aliphatic carbocycles. The van der Waals surface area contributed by atoms with Gasteiger partial charge < -0.3 is 9.88 Å². The second-order valence-corrected chi connectivity index (χ2v) is 9.21. The van der Waals surface area contributed by atoms with Gasteiger partial charge in [-0.15, -0.1) is 0 Å². The molecule has 1 aromatic heterocycles. The third-order valence-corrected chi connectivity index (χ3v) is 5.70. The molecule has 140 valence electrons. The molecule has 1 aliphatic heterocycles. The number of hydrogen-bond acceptors (Lipinski definition) is 4. The highest BCUT2D eigenvalue weighted by molar-refractivity contribution is 7.89. The minimum atomic E-state index is -3.15. The Kier molecular flexibility index (Phi) is 4.47. The molecule has 1 N–H and O–H groups in total. The summed E-state index contributed by atoms with van der Waals surface area (Å²) in [6.07, 6.45) is 2.96. The Balaban J connectivity index is 1.62. The Hall–Kier alpha value is -2.67. The quantitative estimate of drug-likeness (QED) is 0.750. The molecule has 0 bridgehead atoms. The highest BCUT2D eigenvalue weighted by Gasteiger charge is 2.32. The van der Waals surface area contributed by atoms with Gasteiger partial charge in [0, 0.05) is 18.4 Å². The zero-order chi connectivity index (χ0) is 19.0. The van der Waals surface area contributed by atoms with Crippen LogP contribution in [0.15, 0.2) is 48.5 Å². The van der Waals surface area contributed by atoms with Gasteiger partial charge >= 0.3 is 0 Å². The fourth-order valence-electron chi connectivity index (χ4n) is 3.69. The van der Waals surface area contributed by atoms with Crippen LogP contribution >= 0.6 is 0 Å². The lowest BCUT2D eigenvalue weighted by Crippen LogP contribution is -2.31. The summed E-state index contributed by atoms with van der Waals surface area (Å²) in [5, 5.41) is 0. The number of H-pyrrole nitrogens is 1. The Morgan fingerprint density at radius 2 is 2.04 bits per heavy atom. The first-order valence-corrected chi connectivity index (χ1v) is 11.0. The van der Waals surface area contributed by atoms with Crippen molar-refractivity contribution in [1.82, 2.24) is 14.9 Å². The van der Waals surface area contributed by atoms with E-state index in [0.717, 1.165) is 29.7 Å². The standard InChI is InChI=1S/C20H21N3O3S/c1-27(25,26)13-14-6-4-7-15(12-14)20(24)23-11-5-10-18(23)19-21-16-8-2-3-9-17(16)22-19/h2-4,6-9,12,18H,5,10-11,13H2,1H3,(H,21,22)/t18-/m0/s1. The molecule has 0 unspecified atom stereocenters. The number of fused-ring (bicyclic) bond motifs is 1. The summed E-state index contributed by atoms with van der Waals surface area (Å²) in [5.41, 5.74) is 2.99. The molecular weight excluding hydrogens is 362 g/mol. The number of amides is 1. The molecule has 3 aromatic rings. The van der Waals surface area contributed by atoms with Crippen LogP contribution in [0, 0.1) is 0 Å². The van der Waals surface area contributed by atoms with E-state index in [4.69, 9.17) is 0 Å². The number of imidazole rings is 1. The predicted molar refractivity (Wildman–Crippen MR) is 104 cm³/mol. The van der Waals surface area contributed by atoms with Crippen molar-refractivity contribution in [3.63, 3.8) is 0 Å². The number of carbonyl (C=O) groups is 1. The van der Waals surface area contributed by atoms with Gasteiger partial charge in [0.15, 0.2) is 9.84 Å². The van der Waals surface area contributed by atoms with Crippen LogP contribution in [0.5, 0.6) is 0 Å². The number of hydrogen-bond donors (Lipinski definition) is 1. The molecule has 2 aromatic carbocycles. The number of rotatable bonds is 4. The molecule has 27 heavy (non-hydrogen) atoms. The maximum atomic E-state index is 13.1. The smallest absolute Gasteiger partial charge is 0.254 e. The molecule has 2 heterocycles. The lowest BCUT2D eigenvalue weighted by atomic mass is 10.1. The van der Waals surface area contributed by atoms with E-state index in [1.54, 1.807) is 24.3 Å². The summed E-state index contributed by atoms with van der Waals surface area (Å²) in [6.45, 7) is 0.664. The van der Waals surface area contributed by atoms with Gasteiger partial charge in [0.25, 0.3) is 5.91 Å². The molecule has 0 spiro atoms. The highest BCUT2D eigenvalue weighted by atomic mass is 32.2. The van der Waals surface area contributed by atoms with E-state index in [0.29, 0.717) is 17.7 Å². The van der Waals surface area contributed by atoms with Crippen molar-refractivity contribution in [2.75, 3.05) is 12.8 Å². The van der Waals surface area contributed by atoms with Crippen LogP contribution in [0.3, 0.4) is 0 Å². The number of likely N-dealkylation sites (tertiary alicyclic amines) is 1. The topological polar surface area (TPSA) is 83.1 Å². The number of carbonyl (C=O) groups excluding carboxylic acids is 1. The summed E-state index contributed by atoms with van der Waals surface area (Å²) < 4.78 is 23.1. The number of aromatic amines is 1. The van der Waals surface area contributed by atoms with E-state index in [1.807, 2.05) is 29.2 Å². The number of sulfone groups is 1. The van der Waals surface area contributed by atoms with Crippen molar-refractivity contribution in [3.8, 4) is 0 Å². The van der Waals surface area contributed by atoms with Crippen LogP contribution in [0.4, 0.5) is 0 Å². The molecule has 1 saturated heterocycles. The lowest BCUT2D eigenvalue weighted by molar-refractivity contribution is 0.0730. The van der Waals surface area contributed by atoms with Gasteiger partial charge in [-0.25, -0.2) is 13.4 Å². The van der Waals surface area contributed by atoms with E-state index in [9.17, 15) is 13.2 Å². The minimum absolute atomic E-state index is 0.0683. The van der Waals surface area contributed by atoms with Crippen LogP contribution in [-0.2, 0) is 15.6 Å². The van der Waals surface area contributed by atoms with Gasteiger partial charge in [-0.2, -0.15) is 0 Å². The van der Waals surface area contributed by atoms with Crippen molar-refractivity contribution in [3.05, 3.63) is 65.5 Å². The fraction of sp³-hybridized carbons (Fsp3) is 0.300. The Labute approximate surface area is 158 Å². The fourth-order valence-corrected chi connectivity index (χ4v) is 4.47. The van der Waals surface area contributed by atoms with Crippen molar-refractivity contribution in [2.45, 2.75) is 24.6 Å². The number of benzene rings is 2. The lowest BCUT2D eigenvalue weighted by Gasteiger charge is -2.23. The van der Waals surface area contributed by atoms with Gasteiger partial charge in [0.1, 0.15) is 5.82 Å². The van der Waals surface area contributed by atoms with Crippen molar-refractivity contribution in [2.24, 2.45) is 0 Å². The van der Waals surface area contributed by atoms with E-state index in [-0.39, 0.29) is 17.7 Å². The van der Waals surface area contributed by atoms with Crippen molar-refractivity contribution < 1.29 is 13.2 Å². The molecule has 1 aliphatic rings. The van der Waals surface area contributed by atoms with Crippen molar-refractivity contribution in [1.29, 1.82) is 0 Å². The summed E-state index contributed by atoms with van der Waals surface area (Å²) >= 11 is 0. The minimum Gasteiger partial charge on any atom is -0.340 e. The molecule has 0 saturated carbocycles. The zero-order valence-corrected chi connectivity index (χ0v) is 15.9. The van der Waals surface area contributed by atoms with Crippen molar-refractivity contribution >= 4 is 26.8 Å². The molecule has 0 radical (unpaired) electrons. The van der Waals surface area contributed by atoms with Gasteiger partial charge in [-0.3, -0.25) is 4.79 Å². The summed E-state index contributed by atoms with van der Waals surface area (Å²) in [4.78, 5) is 22.9. The second kappa shape index (κ2) is 6.81. The Morgan fingerprint density at radius 3 is 2.81 bits per heavy atom. The maximum Gasteiger partial charge on any atom is 0.254 e. The Bertz CT molecular complexity index is 1070. The zero-order valence-electron chi connectivity index (χ0n) is 15.1. The molecule has 6 nitrogen and oxygen atoms in total. The first-order valence-electron chi connectivity index (χ1n) is 8.93. The summed E-state index contributed by atoms with van der Waals surface area (Å²) in [5.74, 6) is 0.642. The summed E-state index contributed by atoms with van der Waals surface area (Å²) in [7, 11) is -3.15. The second-order valence-electron chi connectivity index (χ2n) is 7.07. The molecule has 1 fully saturated rings. The predicted octanol–water partition coefficient (Wildman–Crippen LogP) is 3.08. The van der Waals surface area contributed by atoms with Crippen LogP contribution in [0.2, 0.25) is 0 Å². The van der Waals surface area contributed by atoms with Crippen LogP contribution in [0.25, 0.3) is 11.0 Å². The van der Waals surface area contributed by atoms with Crippen LogP contribution < -0.4 is 0 Å². The highest BCUT2D eigenvalue weighted by Crippen LogP contribution is 2.32. The monoisotopic (exact) mass is 383 g/mol. The largest absolute Gasteiger partial charge is 0.340 e. The number of aromatic nitrogens is 2. The summed E-state index contributed by atoms with van der Waals surface area (Å²) in [6, 6.07) is 14.6.